The van der Waals surface area contributed by atoms with E-state index in [1.807, 2.05) is 0 Å². The number of sulfonamides is 1. The minimum absolute atomic E-state index is 0.0270. The molecule has 0 bridgehead atoms. The van der Waals surface area contributed by atoms with Gasteiger partial charge in [0.05, 0.1) is 17.7 Å². The highest BCUT2D eigenvalue weighted by molar-refractivity contribution is 7.92. The van der Waals surface area contributed by atoms with E-state index < -0.39 is 22.0 Å². The highest BCUT2D eigenvalue weighted by Crippen LogP contribution is 2.28. The monoisotopic (exact) mass is 384 g/mol. The molecule has 0 heterocycles. The van der Waals surface area contributed by atoms with Crippen LogP contribution in [0.1, 0.15) is 6.92 Å². The second-order valence-corrected chi connectivity index (χ2v) is 7.36. The van der Waals surface area contributed by atoms with Gasteiger partial charge in [-0.2, -0.15) is 0 Å². The van der Waals surface area contributed by atoms with E-state index in [1.165, 1.54) is 68.0 Å². The van der Waals surface area contributed by atoms with Crippen molar-refractivity contribution >= 4 is 33.2 Å². The Morgan fingerprint density at radius 2 is 1.72 bits per heavy atom. The summed E-state index contributed by atoms with van der Waals surface area (Å²) in [4.78, 5) is 11.8. The maximum atomic E-state index is 13.1. The number of amides is 1. The molecule has 9 heteroatoms. The molecule has 134 valence electrons. The van der Waals surface area contributed by atoms with Crippen molar-refractivity contribution in [3.8, 4) is 5.75 Å². The molecule has 7 nitrogen and oxygen atoms in total. The lowest BCUT2D eigenvalue weighted by molar-refractivity contribution is -0.129. The first-order valence-corrected chi connectivity index (χ1v) is 9.01. The predicted molar refractivity (Wildman–Crippen MR) is 93.5 cm³/mol. The van der Waals surface area contributed by atoms with Gasteiger partial charge >= 0.3 is 0 Å². The van der Waals surface area contributed by atoms with E-state index in [4.69, 9.17) is 21.5 Å². The van der Waals surface area contributed by atoms with Gasteiger partial charge in [-0.3, -0.25) is 14.3 Å². The average Bonchev–Trinajstić information content (AvgIpc) is 2.62. The van der Waals surface area contributed by atoms with E-state index in [0.717, 1.165) is 4.31 Å². The first-order valence-electron chi connectivity index (χ1n) is 7.19. The average molecular weight is 385 g/mol. The van der Waals surface area contributed by atoms with Gasteiger partial charge in [-0.25, -0.2) is 13.9 Å². The van der Waals surface area contributed by atoms with E-state index >= 15 is 0 Å². The Labute approximate surface area is 150 Å². The van der Waals surface area contributed by atoms with Crippen LogP contribution in [0.15, 0.2) is 53.4 Å². The fraction of sp³-hybridized carbons (Fsp3) is 0.188. The van der Waals surface area contributed by atoms with Gasteiger partial charge < -0.3 is 4.74 Å². The molecule has 1 amide bonds. The van der Waals surface area contributed by atoms with E-state index in [9.17, 15) is 13.2 Å². The lowest BCUT2D eigenvalue weighted by Crippen LogP contribution is -2.47. The van der Waals surface area contributed by atoms with Gasteiger partial charge in [0.15, 0.2) is 0 Å². The number of carbonyl (C=O) groups excluding carboxylic acids is 1. The molecule has 1 atom stereocenters. The number of ether oxygens (including phenoxy) is 1. The number of carbonyl (C=O) groups is 1. The second-order valence-electron chi connectivity index (χ2n) is 5.10. The first kappa shape index (κ1) is 19.0. The zero-order valence-corrected chi connectivity index (χ0v) is 15.1. The maximum Gasteiger partial charge on any atom is 0.266 e. The Balaban J connectivity index is 2.56. The van der Waals surface area contributed by atoms with Crippen LogP contribution >= 0.6 is 11.6 Å². The largest absolute Gasteiger partial charge is 0.497 e. The molecule has 0 saturated heterocycles. The number of benzene rings is 2. The molecular formula is C16H17ClN2O5S. The summed E-state index contributed by atoms with van der Waals surface area (Å²) in [6, 6.07) is 10.5. The smallest absolute Gasteiger partial charge is 0.266 e. The summed E-state index contributed by atoms with van der Waals surface area (Å²) in [7, 11) is -2.61. The summed E-state index contributed by atoms with van der Waals surface area (Å²) in [5, 5.41) is 9.31. The van der Waals surface area contributed by atoms with E-state index in [0.29, 0.717) is 10.8 Å². The van der Waals surface area contributed by atoms with Crippen LogP contribution in [-0.4, -0.2) is 32.7 Å². The number of nitrogens with zero attached hydrogens (tertiary/aromatic N) is 1. The molecule has 0 saturated carbocycles. The molecule has 25 heavy (non-hydrogen) atoms. The number of hydroxylamine groups is 1. The van der Waals surface area contributed by atoms with E-state index in [1.54, 1.807) is 0 Å². The van der Waals surface area contributed by atoms with Gasteiger partial charge in [-0.1, -0.05) is 11.6 Å². The van der Waals surface area contributed by atoms with E-state index in [2.05, 4.69) is 0 Å². The van der Waals surface area contributed by atoms with Crippen LogP contribution in [0.2, 0.25) is 5.02 Å². The van der Waals surface area contributed by atoms with Crippen LogP contribution in [0.3, 0.4) is 0 Å². The molecule has 0 unspecified atom stereocenters. The minimum Gasteiger partial charge on any atom is -0.497 e. The minimum atomic E-state index is -4.08. The Bertz CT molecular complexity index is 838. The number of rotatable bonds is 6. The standard InChI is InChI=1S/C16H17ClN2O5S/c1-11(16(20)18-21)19(13-5-3-12(17)4-6-13)25(22,23)15-9-7-14(24-2)8-10-15/h3-11,21H,1-2H3,(H,18,20)/t11-/m0/s1. The lowest BCUT2D eigenvalue weighted by atomic mass is 10.2. The van der Waals surface area contributed by atoms with Crippen molar-refractivity contribution in [1.82, 2.24) is 5.48 Å². The molecular weight excluding hydrogens is 368 g/mol. The van der Waals surface area contributed by atoms with Gasteiger partial charge in [-0.15, -0.1) is 0 Å². The third-order valence-electron chi connectivity index (χ3n) is 3.54. The van der Waals surface area contributed by atoms with Crippen LogP contribution in [0.5, 0.6) is 5.75 Å². The number of hydrogen-bond donors (Lipinski definition) is 2. The molecule has 2 rings (SSSR count). The number of anilines is 1. The quantitative estimate of drug-likeness (QED) is 0.589. The van der Waals surface area contributed by atoms with Gasteiger partial charge in [-0.05, 0) is 55.5 Å². The molecule has 0 aromatic heterocycles. The molecule has 0 fully saturated rings. The normalized spacial score (nSPS) is 12.3. The van der Waals surface area contributed by atoms with E-state index in [-0.39, 0.29) is 10.6 Å². The van der Waals surface area contributed by atoms with Crippen LogP contribution < -0.4 is 14.5 Å². The predicted octanol–water partition coefficient (Wildman–Crippen LogP) is 2.44. The lowest BCUT2D eigenvalue weighted by Gasteiger charge is -2.29. The molecule has 0 spiro atoms. The SMILES string of the molecule is COc1ccc(S(=O)(=O)N(c2ccc(Cl)cc2)[C@@H](C)C(=O)NO)cc1. The van der Waals surface area contributed by atoms with Gasteiger partial charge in [0.1, 0.15) is 11.8 Å². The van der Waals surface area contributed by atoms with Crippen LogP contribution in [0.25, 0.3) is 0 Å². The highest BCUT2D eigenvalue weighted by Gasteiger charge is 2.33. The fourth-order valence-corrected chi connectivity index (χ4v) is 3.96. The summed E-state index contributed by atoms with van der Waals surface area (Å²) in [6.45, 7) is 1.36. The molecule has 2 aromatic carbocycles. The first-order chi connectivity index (χ1) is 11.8. The number of methoxy groups -OCH3 is 1. The fourth-order valence-electron chi connectivity index (χ4n) is 2.22. The van der Waals surface area contributed by atoms with Crippen molar-refractivity contribution in [2.24, 2.45) is 0 Å². The molecule has 2 aromatic rings. The highest BCUT2D eigenvalue weighted by atomic mass is 35.5. The zero-order chi connectivity index (χ0) is 18.6. The second kappa shape index (κ2) is 7.73. The molecule has 0 radical (unpaired) electrons. The number of halogens is 1. The van der Waals surface area contributed by atoms with Crippen LogP contribution in [0, 0.1) is 0 Å². The van der Waals surface area contributed by atoms with Crippen molar-refractivity contribution < 1.29 is 23.2 Å². The van der Waals surface area contributed by atoms with Crippen molar-refractivity contribution in [1.29, 1.82) is 0 Å². The number of nitrogens with one attached hydrogen (secondary N) is 1. The molecule has 2 N–H and O–H groups in total. The third-order valence-corrected chi connectivity index (χ3v) is 5.70. The zero-order valence-electron chi connectivity index (χ0n) is 13.5. The van der Waals surface area contributed by atoms with Crippen LogP contribution in [-0.2, 0) is 14.8 Å². The Kier molecular flexibility index (Phi) is 5.89. The van der Waals surface area contributed by atoms with Crippen LogP contribution in [0.4, 0.5) is 5.69 Å². The van der Waals surface area contributed by atoms with Gasteiger partial charge in [0.25, 0.3) is 15.9 Å². The molecule has 0 aliphatic carbocycles. The Hall–Kier alpha value is -2.29. The molecule has 0 aliphatic rings. The Morgan fingerprint density at radius 3 is 2.20 bits per heavy atom. The summed E-state index contributed by atoms with van der Waals surface area (Å²) in [5.74, 6) is -0.370. The topological polar surface area (TPSA) is 95.9 Å². The van der Waals surface area contributed by atoms with Crippen molar-refractivity contribution in [3.05, 3.63) is 53.6 Å². The van der Waals surface area contributed by atoms with Gasteiger partial charge in [0, 0.05) is 5.02 Å². The third kappa shape index (κ3) is 4.04. The van der Waals surface area contributed by atoms with Gasteiger partial charge in [0.2, 0.25) is 0 Å². The molecule has 0 aliphatic heterocycles. The summed E-state index contributed by atoms with van der Waals surface area (Å²) in [6.07, 6.45) is 0. The Morgan fingerprint density at radius 1 is 1.16 bits per heavy atom. The maximum absolute atomic E-state index is 13.1. The van der Waals surface area contributed by atoms with Crippen molar-refractivity contribution in [2.75, 3.05) is 11.4 Å². The number of hydrogen-bond acceptors (Lipinski definition) is 5. The summed E-state index contributed by atoms with van der Waals surface area (Å²) < 4.78 is 32.1. The van der Waals surface area contributed by atoms with Crippen molar-refractivity contribution in [3.63, 3.8) is 0 Å². The summed E-state index contributed by atoms with van der Waals surface area (Å²) >= 11 is 5.85. The van der Waals surface area contributed by atoms with Crippen molar-refractivity contribution in [2.45, 2.75) is 17.9 Å². The summed E-state index contributed by atoms with van der Waals surface area (Å²) in [5.41, 5.74) is 1.71.